The first-order valence-electron chi connectivity index (χ1n) is 6.22. The van der Waals surface area contributed by atoms with Gasteiger partial charge in [0.15, 0.2) is 0 Å². The fraction of sp³-hybridized carbons (Fsp3) is 0.176. The van der Waals surface area contributed by atoms with Crippen molar-refractivity contribution in [1.82, 2.24) is 0 Å². The summed E-state index contributed by atoms with van der Waals surface area (Å²) < 4.78 is 0. The van der Waals surface area contributed by atoms with Crippen LogP contribution in [0, 0.1) is 5.92 Å². The van der Waals surface area contributed by atoms with E-state index in [0.29, 0.717) is 0 Å². The Labute approximate surface area is 103 Å². The summed E-state index contributed by atoms with van der Waals surface area (Å²) in [6, 6.07) is 21.3. The summed E-state index contributed by atoms with van der Waals surface area (Å²) in [5.74, 6) is 1.48. The van der Waals surface area contributed by atoms with Crippen LogP contribution in [0.1, 0.15) is 23.5 Å². The van der Waals surface area contributed by atoms with Crippen molar-refractivity contribution >= 4 is 6.08 Å². The van der Waals surface area contributed by atoms with Crippen molar-refractivity contribution in [1.29, 1.82) is 0 Å². The molecule has 0 N–H and O–H groups in total. The minimum absolute atomic E-state index is 0.734. The summed E-state index contributed by atoms with van der Waals surface area (Å²) in [6.07, 6.45) is 5.90. The van der Waals surface area contributed by atoms with Gasteiger partial charge in [-0.05, 0) is 29.4 Å². The summed E-state index contributed by atoms with van der Waals surface area (Å²) in [6.45, 7) is 0. The second-order valence-electron chi connectivity index (χ2n) is 4.69. The lowest BCUT2D eigenvalue weighted by Gasteiger charge is -1.96. The van der Waals surface area contributed by atoms with Crippen LogP contribution in [0.2, 0.25) is 0 Å². The minimum atomic E-state index is 0.734. The molecule has 0 saturated heterocycles. The first kappa shape index (κ1) is 10.3. The van der Waals surface area contributed by atoms with E-state index in [9.17, 15) is 0 Å². The van der Waals surface area contributed by atoms with Crippen molar-refractivity contribution in [2.24, 2.45) is 5.92 Å². The van der Waals surface area contributed by atoms with Crippen LogP contribution in [0.15, 0.2) is 66.7 Å². The molecule has 1 aliphatic carbocycles. The average Bonchev–Trinajstić information content (AvgIpc) is 3.18. The van der Waals surface area contributed by atoms with Gasteiger partial charge in [-0.25, -0.2) is 0 Å². The maximum Gasteiger partial charge on any atom is -0.00929 e. The van der Waals surface area contributed by atoms with Crippen molar-refractivity contribution in [2.75, 3.05) is 0 Å². The van der Waals surface area contributed by atoms with Gasteiger partial charge in [-0.15, -0.1) is 0 Å². The Balaban J connectivity index is 1.65. The van der Waals surface area contributed by atoms with Crippen LogP contribution in [-0.2, 0) is 0 Å². The summed E-state index contributed by atoms with van der Waals surface area (Å²) in [5.41, 5.74) is 2.78. The van der Waals surface area contributed by atoms with Crippen molar-refractivity contribution in [3.63, 3.8) is 0 Å². The second kappa shape index (κ2) is 4.58. The zero-order valence-corrected chi connectivity index (χ0v) is 9.79. The Hall–Kier alpha value is -1.82. The van der Waals surface area contributed by atoms with Gasteiger partial charge in [0.05, 0.1) is 0 Å². The standard InChI is InChI=1S/C17H16/c1-3-7-14(8-4-1)11-12-16-13-17(16)15-9-5-2-6-10-15/h1-12,16-17H,13H2/b12-11+/t16-,17?/m1/s1. The van der Waals surface area contributed by atoms with Crippen LogP contribution < -0.4 is 0 Å². The lowest BCUT2D eigenvalue weighted by molar-refractivity contribution is 1.02. The summed E-state index contributed by atoms with van der Waals surface area (Å²) in [5, 5.41) is 0. The molecule has 0 aromatic heterocycles. The topological polar surface area (TPSA) is 0 Å². The van der Waals surface area contributed by atoms with E-state index in [1.54, 1.807) is 0 Å². The number of allylic oxidation sites excluding steroid dienone is 1. The highest BCUT2D eigenvalue weighted by Crippen LogP contribution is 2.48. The van der Waals surface area contributed by atoms with Gasteiger partial charge in [-0.3, -0.25) is 0 Å². The van der Waals surface area contributed by atoms with Crippen LogP contribution in [0.3, 0.4) is 0 Å². The molecule has 0 bridgehead atoms. The lowest BCUT2D eigenvalue weighted by Crippen LogP contribution is -1.79. The predicted octanol–water partition coefficient (Wildman–Crippen LogP) is 4.50. The van der Waals surface area contributed by atoms with Gasteiger partial charge < -0.3 is 0 Å². The maximum absolute atomic E-state index is 2.35. The molecule has 0 heterocycles. The zero-order valence-electron chi connectivity index (χ0n) is 9.79. The second-order valence-corrected chi connectivity index (χ2v) is 4.69. The Bertz CT molecular complexity index is 496. The summed E-state index contributed by atoms with van der Waals surface area (Å²) in [7, 11) is 0. The Morgan fingerprint density at radius 3 is 2.18 bits per heavy atom. The van der Waals surface area contributed by atoms with Gasteiger partial charge in [-0.2, -0.15) is 0 Å². The van der Waals surface area contributed by atoms with E-state index in [4.69, 9.17) is 0 Å². The fourth-order valence-electron chi connectivity index (χ4n) is 2.31. The summed E-state index contributed by atoms with van der Waals surface area (Å²) >= 11 is 0. The molecule has 3 rings (SSSR count). The zero-order chi connectivity index (χ0) is 11.5. The van der Waals surface area contributed by atoms with Gasteiger partial charge in [0.1, 0.15) is 0 Å². The lowest BCUT2D eigenvalue weighted by atomic mass is 10.1. The molecular formula is C17H16. The molecular weight excluding hydrogens is 204 g/mol. The molecule has 0 heteroatoms. The molecule has 1 fully saturated rings. The van der Waals surface area contributed by atoms with Gasteiger partial charge >= 0.3 is 0 Å². The summed E-state index contributed by atoms with van der Waals surface area (Å²) in [4.78, 5) is 0. The SMILES string of the molecule is C(=C\[C@@H]1CC1c1ccccc1)/c1ccccc1. The predicted molar refractivity (Wildman–Crippen MR) is 72.8 cm³/mol. The highest BCUT2D eigenvalue weighted by atomic mass is 14.4. The molecule has 2 aromatic rings. The van der Waals surface area contributed by atoms with Gasteiger partial charge in [-0.1, -0.05) is 72.8 Å². The van der Waals surface area contributed by atoms with Crippen LogP contribution in [0.25, 0.3) is 6.08 Å². The van der Waals surface area contributed by atoms with Crippen LogP contribution in [0.4, 0.5) is 0 Å². The molecule has 0 amide bonds. The van der Waals surface area contributed by atoms with Crippen molar-refractivity contribution < 1.29 is 0 Å². The number of hydrogen-bond acceptors (Lipinski definition) is 0. The van der Waals surface area contributed by atoms with E-state index >= 15 is 0 Å². The molecule has 2 atom stereocenters. The molecule has 0 spiro atoms. The molecule has 1 unspecified atom stereocenters. The third kappa shape index (κ3) is 2.47. The average molecular weight is 220 g/mol. The van der Waals surface area contributed by atoms with Crippen LogP contribution >= 0.6 is 0 Å². The number of benzene rings is 2. The van der Waals surface area contributed by atoms with E-state index in [0.717, 1.165) is 11.8 Å². The monoisotopic (exact) mass is 220 g/mol. The minimum Gasteiger partial charge on any atom is -0.0802 e. The highest BCUT2D eigenvalue weighted by Gasteiger charge is 2.35. The van der Waals surface area contributed by atoms with E-state index in [2.05, 4.69) is 72.8 Å². The first-order valence-corrected chi connectivity index (χ1v) is 6.22. The van der Waals surface area contributed by atoms with E-state index in [-0.39, 0.29) is 0 Å². The van der Waals surface area contributed by atoms with Gasteiger partial charge in [0.2, 0.25) is 0 Å². The van der Waals surface area contributed by atoms with E-state index in [1.807, 2.05) is 0 Å². The molecule has 1 aliphatic rings. The largest absolute Gasteiger partial charge is 0.0802 e. The molecule has 1 saturated carbocycles. The van der Waals surface area contributed by atoms with Crippen molar-refractivity contribution in [2.45, 2.75) is 12.3 Å². The maximum atomic E-state index is 2.35. The smallest absolute Gasteiger partial charge is 0.00929 e. The van der Waals surface area contributed by atoms with Gasteiger partial charge in [0, 0.05) is 0 Å². The molecule has 84 valence electrons. The molecule has 0 radical (unpaired) electrons. The third-order valence-electron chi connectivity index (χ3n) is 3.40. The molecule has 17 heavy (non-hydrogen) atoms. The Morgan fingerprint density at radius 2 is 1.47 bits per heavy atom. The Kier molecular flexibility index (Phi) is 2.79. The highest BCUT2D eigenvalue weighted by molar-refractivity contribution is 5.50. The quantitative estimate of drug-likeness (QED) is 0.714. The third-order valence-corrected chi connectivity index (χ3v) is 3.40. The van der Waals surface area contributed by atoms with Crippen molar-refractivity contribution in [3.05, 3.63) is 77.9 Å². The normalized spacial score (nSPS) is 22.8. The fourth-order valence-corrected chi connectivity index (χ4v) is 2.31. The van der Waals surface area contributed by atoms with Crippen LogP contribution in [0.5, 0.6) is 0 Å². The van der Waals surface area contributed by atoms with E-state index in [1.165, 1.54) is 17.5 Å². The van der Waals surface area contributed by atoms with Crippen molar-refractivity contribution in [3.8, 4) is 0 Å². The van der Waals surface area contributed by atoms with Crippen LogP contribution in [-0.4, -0.2) is 0 Å². The number of rotatable bonds is 3. The number of hydrogen-bond donors (Lipinski definition) is 0. The Morgan fingerprint density at radius 1 is 0.824 bits per heavy atom. The first-order chi connectivity index (χ1) is 8.43. The molecule has 0 aliphatic heterocycles. The molecule has 2 aromatic carbocycles. The van der Waals surface area contributed by atoms with Gasteiger partial charge in [0.25, 0.3) is 0 Å². The molecule has 0 nitrogen and oxygen atoms in total. The van der Waals surface area contributed by atoms with E-state index < -0.39 is 0 Å².